The van der Waals surface area contributed by atoms with Crippen molar-refractivity contribution in [2.75, 3.05) is 19.7 Å². The fourth-order valence-corrected chi connectivity index (χ4v) is 2.15. The molecule has 1 aromatic carbocycles. The van der Waals surface area contributed by atoms with E-state index >= 15 is 0 Å². The maximum Gasteiger partial charge on any atom is 0.324 e. The minimum Gasteiger partial charge on any atom is -0.491 e. The second kappa shape index (κ2) is 6.36. The number of carbonyl (C=O) groups excluding carboxylic acids is 2. The van der Waals surface area contributed by atoms with Crippen LogP contribution >= 0.6 is 0 Å². The highest BCUT2D eigenvalue weighted by Gasteiger charge is 2.30. The molecule has 0 bridgehead atoms. The average molecular weight is 306 g/mol. The Kier molecular flexibility index (Phi) is 4.71. The van der Waals surface area contributed by atoms with Crippen molar-refractivity contribution >= 4 is 11.9 Å². The van der Waals surface area contributed by atoms with Gasteiger partial charge < -0.3 is 15.2 Å². The van der Waals surface area contributed by atoms with Crippen molar-refractivity contribution in [2.45, 2.75) is 32.3 Å². The molecule has 0 aliphatic carbocycles. The van der Waals surface area contributed by atoms with Gasteiger partial charge in [0.25, 0.3) is 0 Å². The van der Waals surface area contributed by atoms with Crippen LogP contribution in [-0.4, -0.2) is 47.7 Å². The van der Waals surface area contributed by atoms with Gasteiger partial charge >= 0.3 is 6.03 Å². The van der Waals surface area contributed by atoms with Gasteiger partial charge in [-0.05, 0) is 23.1 Å². The van der Waals surface area contributed by atoms with E-state index in [1.54, 1.807) is 0 Å². The number of aliphatic hydroxyl groups excluding tert-OH is 1. The summed E-state index contributed by atoms with van der Waals surface area (Å²) in [4.78, 5) is 23.8. The van der Waals surface area contributed by atoms with Gasteiger partial charge in [0.2, 0.25) is 5.91 Å². The number of carbonyl (C=O) groups is 2. The number of β-amino-alcohol motifs (C(OH)–C–C–N with tert-alkyl or cyclic N) is 1. The number of rotatable bonds is 5. The Labute approximate surface area is 130 Å². The number of amides is 3. The molecule has 3 amide bonds. The Morgan fingerprint density at radius 3 is 2.41 bits per heavy atom. The van der Waals surface area contributed by atoms with Gasteiger partial charge in [-0.1, -0.05) is 32.9 Å². The highest BCUT2D eigenvalue weighted by Crippen LogP contribution is 2.24. The molecule has 1 aliphatic rings. The van der Waals surface area contributed by atoms with Crippen molar-refractivity contribution < 1.29 is 19.4 Å². The molecule has 6 heteroatoms. The van der Waals surface area contributed by atoms with E-state index in [2.05, 4.69) is 26.1 Å². The van der Waals surface area contributed by atoms with Crippen LogP contribution in [0.5, 0.6) is 5.75 Å². The van der Waals surface area contributed by atoms with Gasteiger partial charge in [-0.2, -0.15) is 0 Å². The zero-order valence-corrected chi connectivity index (χ0v) is 13.1. The van der Waals surface area contributed by atoms with Crippen molar-refractivity contribution in [3.05, 3.63) is 29.8 Å². The number of hydrogen-bond donors (Lipinski definition) is 2. The quantitative estimate of drug-likeness (QED) is 0.803. The van der Waals surface area contributed by atoms with Crippen LogP contribution in [0.3, 0.4) is 0 Å². The summed E-state index contributed by atoms with van der Waals surface area (Å²) in [5.41, 5.74) is 1.27. The first-order valence-electron chi connectivity index (χ1n) is 7.27. The van der Waals surface area contributed by atoms with E-state index in [4.69, 9.17) is 4.74 Å². The van der Waals surface area contributed by atoms with E-state index in [-0.39, 0.29) is 31.0 Å². The first-order chi connectivity index (χ1) is 10.3. The smallest absolute Gasteiger partial charge is 0.324 e. The predicted molar refractivity (Wildman–Crippen MR) is 81.8 cm³/mol. The summed E-state index contributed by atoms with van der Waals surface area (Å²) >= 11 is 0. The molecule has 1 heterocycles. The van der Waals surface area contributed by atoms with E-state index in [0.29, 0.717) is 5.75 Å². The van der Waals surface area contributed by atoms with E-state index < -0.39 is 12.1 Å². The lowest BCUT2D eigenvalue weighted by molar-refractivity contribution is -0.126. The number of ether oxygens (including phenoxy) is 1. The number of urea groups is 1. The summed E-state index contributed by atoms with van der Waals surface area (Å²) < 4.78 is 5.50. The number of nitrogens with one attached hydrogen (secondary N) is 1. The van der Waals surface area contributed by atoms with Crippen LogP contribution in [0, 0.1) is 0 Å². The van der Waals surface area contributed by atoms with Gasteiger partial charge in [0.15, 0.2) is 0 Å². The summed E-state index contributed by atoms with van der Waals surface area (Å²) in [6.45, 7) is 6.33. The third-order valence-corrected chi connectivity index (χ3v) is 3.49. The zero-order chi connectivity index (χ0) is 16.3. The van der Waals surface area contributed by atoms with Crippen LogP contribution in [0.2, 0.25) is 0 Å². The number of aliphatic hydroxyl groups is 1. The Balaban J connectivity index is 1.85. The summed E-state index contributed by atoms with van der Waals surface area (Å²) in [5.74, 6) is 0.308. The molecular formula is C16H22N2O4. The number of hydrogen-bond acceptors (Lipinski definition) is 4. The molecule has 1 unspecified atom stereocenters. The molecule has 6 nitrogen and oxygen atoms in total. The maximum absolute atomic E-state index is 11.4. The van der Waals surface area contributed by atoms with Crippen molar-refractivity contribution in [1.29, 1.82) is 0 Å². The molecule has 1 atom stereocenters. The Morgan fingerprint density at radius 1 is 1.27 bits per heavy atom. The lowest BCUT2D eigenvalue weighted by Crippen LogP contribution is -2.39. The van der Waals surface area contributed by atoms with Crippen LogP contribution in [0.1, 0.15) is 26.3 Å². The molecule has 1 saturated heterocycles. The third-order valence-electron chi connectivity index (χ3n) is 3.49. The van der Waals surface area contributed by atoms with E-state index in [1.807, 2.05) is 24.3 Å². The minimum atomic E-state index is -0.921. The molecule has 0 spiro atoms. The summed E-state index contributed by atoms with van der Waals surface area (Å²) in [5, 5.41) is 12.3. The first-order valence-corrected chi connectivity index (χ1v) is 7.27. The molecule has 1 fully saturated rings. The van der Waals surface area contributed by atoms with Crippen LogP contribution < -0.4 is 10.1 Å². The van der Waals surface area contributed by atoms with Crippen molar-refractivity contribution in [3.63, 3.8) is 0 Å². The summed E-state index contributed by atoms with van der Waals surface area (Å²) in [6, 6.07) is 7.19. The second-order valence-electron chi connectivity index (χ2n) is 6.40. The van der Waals surface area contributed by atoms with Crippen LogP contribution in [-0.2, 0) is 10.2 Å². The fourth-order valence-electron chi connectivity index (χ4n) is 2.15. The van der Waals surface area contributed by atoms with E-state index in [1.165, 1.54) is 5.56 Å². The van der Waals surface area contributed by atoms with E-state index in [0.717, 1.165) is 4.90 Å². The van der Waals surface area contributed by atoms with Crippen molar-refractivity contribution in [1.82, 2.24) is 10.2 Å². The van der Waals surface area contributed by atoms with Gasteiger partial charge in [0.05, 0.1) is 13.1 Å². The number of nitrogens with zero attached hydrogens (tertiary/aromatic N) is 1. The topological polar surface area (TPSA) is 78.9 Å². The summed E-state index contributed by atoms with van der Waals surface area (Å²) in [7, 11) is 0. The highest BCUT2D eigenvalue weighted by molar-refractivity contribution is 6.01. The van der Waals surface area contributed by atoms with Crippen molar-refractivity contribution in [3.8, 4) is 5.75 Å². The number of benzene rings is 1. The van der Waals surface area contributed by atoms with E-state index in [9.17, 15) is 14.7 Å². The molecule has 0 radical (unpaired) electrons. The fraction of sp³-hybridized carbons (Fsp3) is 0.500. The molecular weight excluding hydrogens is 284 g/mol. The van der Waals surface area contributed by atoms with Gasteiger partial charge in [-0.15, -0.1) is 0 Å². The largest absolute Gasteiger partial charge is 0.491 e. The standard InChI is InChI=1S/C16H22N2O4/c1-16(2,3)11-4-6-13(7-5-11)22-10-12(19)9-18-14(20)8-17-15(18)21/h4-7,12,19H,8-10H2,1-3H3,(H,17,21). The average Bonchev–Trinajstić information content (AvgIpc) is 2.76. The van der Waals surface area contributed by atoms with Gasteiger partial charge in [0.1, 0.15) is 18.5 Å². The second-order valence-corrected chi connectivity index (χ2v) is 6.40. The molecule has 0 saturated carbocycles. The predicted octanol–water partition coefficient (Wildman–Crippen LogP) is 1.28. The molecule has 2 rings (SSSR count). The van der Waals surface area contributed by atoms with Crippen LogP contribution in [0.15, 0.2) is 24.3 Å². The Hall–Kier alpha value is -2.08. The first kappa shape index (κ1) is 16.3. The maximum atomic E-state index is 11.4. The normalized spacial score (nSPS) is 16.6. The Morgan fingerprint density at radius 2 is 1.91 bits per heavy atom. The van der Waals surface area contributed by atoms with Crippen LogP contribution in [0.4, 0.5) is 4.79 Å². The number of imide groups is 1. The van der Waals surface area contributed by atoms with Crippen LogP contribution in [0.25, 0.3) is 0 Å². The minimum absolute atomic E-state index is 0.0132. The molecule has 120 valence electrons. The lowest BCUT2D eigenvalue weighted by atomic mass is 9.87. The molecule has 22 heavy (non-hydrogen) atoms. The molecule has 0 aromatic heterocycles. The SMILES string of the molecule is CC(C)(C)c1ccc(OCC(O)CN2C(=O)CNC2=O)cc1. The third kappa shape index (κ3) is 3.98. The molecule has 1 aliphatic heterocycles. The monoisotopic (exact) mass is 306 g/mol. The van der Waals surface area contributed by atoms with Gasteiger partial charge in [0, 0.05) is 0 Å². The Bertz CT molecular complexity index is 532. The lowest BCUT2D eigenvalue weighted by Gasteiger charge is -2.20. The molecule has 2 N–H and O–H groups in total. The zero-order valence-electron chi connectivity index (χ0n) is 13.1. The van der Waals surface area contributed by atoms with Gasteiger partial charge in [-0.3, -0.25) is 9.69 Å². The summed E-state index contributed by atoms with van der Waals surface area (Å²) in [6.07, 6.45) is -0.921. The van der Waals surface area contributed by atoms with Crippen molar-refractivity contribution in [2.24, 2.45) is 0 Å². The molecule has 1 aromatic rings. The highest BCUT2D eigenvalue weighted by atomic mass is 16.5. The van der Waals surface area contributed by atoms with Gasteiger partial charge in [-0.25, -0.2) is 4.79 Å².